The molecular formula is C12H17NO2S. The van der Waals surface area contributed by atoms with Gasteiger partial charge in [0.05, 0.1) is 4.90 Å². The van der Waals surface area contributed by atoms with E-state index in [1.54, 1.807) is 30.3 Å². The van der Waals surface area contributed by atoms with Gasteiger partial charge < -0.3 is 0 Å². The second-order valence-electron chi connectivity index (χ2n) is 3.86. The second kappa shape index (κ2) is 5.27. The monoisotopic (exact) mass is 239 g/mol. The SMILES string of the molecule is C=CCC(C)NS(=O)(=O)c1ccc(C)cc1. The molecule has 0 saturated carbocycles. The molecule has 1 N–H and O–H groups in total. The van der Waals surface area contributed by atoms with E-state index in [2.05, 4.69) is 11.3 Å². The Labute approximate surface area is 97.2 Å². The van der Waals surface area contributed by atoms with Gasteiger partial charge in [-0.15, -0.1) is 6.58 Å². The molecule has 1 unspecified atom stereocenters. The van der Waals surface area contributed by atoms with Gasteiger partial charge in [-0.2, -0.15) is 0 Å². The van der Waals surface area contributed by atoms with Crippen LogP contribution in [-0.2, 0) is 10.0 Å². The first-order chi connectivity index (χ1) is 7.45. The summed E-state index contributed by atoms with van der Waals surface area (Å²) in [6.07, 6.45) is 2.31. The number of sulfonamides is 1. The van der Waals surface area contributed by atoms with Crippen molar-refractivity contribution in [3.8, 4) is 0 Å². The smallest absolute Gasteiger partial charge is 0.208 e. The molecule has 1 rings (SSSR count). The molecule has 0 fully saturated rings. The van der Waals surface area contributed by atoms with E-state index >= 15 is 0 Å². The minimum absolute atomic E-state index is 0.135. The van der Waals surface area contributed by atoms with Crippen molar-refractivity contribution in [2.45, 2.75) is 31.2 Å². The lowest BCUT2D eigenvalue weighted by Crippen LogP contribution is -2.32. The van der Waals surface area contributed by atoms with Crippen molar-refractivity contribution in [1.82, 2.24) is 4.72 Å². The zero-order valence-electron chi connectivity index (χ0n) is 9.60. The fourth-order valence-electron chi connectivity index (χ4n) is 1.35. The molecule has 0 spiro atoms. The van der Waals surface area contributed by atoms with Gasteiger partial charge in [-0.05, 0) is 32.4 Å². The Balaban J connectivity index is 2.85. The molecule has 0 aliphatic carbocycles. The topological polar surface area (TPSA) is 46.2 Å². The summed E-state index contributed by atoms with van der Waals surface area (Å²) in [6, 6.07) is 6.65. The third-order valence-corrected chi connectivity index (χ3v) is 3.81. The molecule has 0 amide bonds. The van der Waals surface area contributed by atoms with Gasteiger partial charge in [0.2, 0.25) is 10.0 Å². The van der Waals surface area contributed by atoms with Gasteiger partial charge in [0.1, 0.15) is 0 Å². The van der Waals surface area contributed by atoms with Crippen LogP contribution < -0.4 is 4.72 Å². The zero-order chi connectivity index (χ0) is 12.2. The molecule has 16 heavy (non-hydrogen) atoms. The number of nitrogens with one attached hydrogen (secondary N) is 1. The molecule has 88 valence electrons. The number of hydrogen-bond donors (Lipinski definition) is 1. The highest BCUT2D eigenvalue weighted by Gasteiger charge is 2.15. The molecule has 0 saturated heterocycles. The Morgan fingerprint density at radius 3 is 2.44 bits per heavy atom. The van der Waals surface area contributed by atoms with Crippen LogP contribution in [0.25, 0.3) is 0 Å². The zero-order valence-corrected chi connectivity index (χ0v) is 10.4. The van der Waals surface area contributed by atoms with Crippen LogP contribution in [0.1, 0.15) is 18.9 Å². The summed E-state index contributed by atoms with van der Waals surface area (Å²) < 4.78 is 26.4. The van der Waals surface area contributed by atoms with Crippen molar-refractivity contribution < 1.29 is 8.42 Å². The van der Waals surface area contributed by atoms with Crippen LogP contribution in [0.15, 0.2) is 41.8 Å². The summed E-state index contributed by atoms with van der Waals surface area (Å²) in [4.78, 5) is 0.300. The lowest BCUT2D eigenvalue weighted by atomic mass is 10.2. The lowest BCUT2D eigenvalue weighted by molar-refractivity contribution is 0.562. The average Bonchev–Trinajstić information content (AvgIpc) is 2.17. The van der Waals surface area contributed by atoms with E-state index in [0.29, 0.717) is 11.3 Å². The van der Waals surface area contributed by atoms with Crippen molar-refractivity contribution in [2.24, 2.45) is 0 Å². The number of hydrogen-bond acceptors (Lipinski definition) is 2. The van der Waals surface area contributed by atoms with E-state index < -0.39 is 10.0 Å². The Bertz CT molecular complexity index is 448. The first-order valence-electron chi connectivity index (χ1n) is 5.15. The summed E-state index contributed by atoms with van der Waals surface area (Å²) in [5, 5.41) is 0. The fourth-order valence-corrected chi connectivity index (χ4v) is 2.60. The number of aryl methyl sites for hydroxylation is 1. The van der Waals surface area contributed by atoms with Gasteiger partial charge in [0.15, 0.2) is 0 Å². The maximum atomic E-state index is 11.9. The van der Waals surface area contributed by atoms with E-state index in [1.807, 2.05) is 13.8 Å². The van der Waals surface area contributed by atoms with Crippen LogP contribution in [0.5, 0.6) is 0 Å². The third kappa shape index (κ3) is 3.47. The highest BCUT2D eigenvalue weighted by molar-refractivity contribution is 7.89. The molecular weight excluding hydrogens is 222 g/mol. The van der Waals surface area contributed by atoms with E-state index in [9.17, 15) is 8.42 Å². The summed E-state index contributed by atoms with van der Waals surface area (Å²) in [5.41, 5.74) is 1.04. The van der Waals surface area contributed by atoms with Gasteiger partial charge in [-0.25, -0.2) is 13.1 Å². The van der Waals surface area contributed by atoms with Gasteiger partial charge in [-0.3, -0.25) is 0 Å². The Kier molecular flexibility index (Phi) is 4.26. The third-order valence-electron chi connectivity index (χ3n) is 2.21. The normalized spacial score (nSPS) is 13.4. The van der Waals surface area contributed by atoms with Crippen molar-refractivity contribution in [1.29, 1.82) is 0 Å². The van der Waals surface area contributed by atoms with Crippen LogP contribution in [0.2, 0.25) is 0 Å². The Morgan fingerprint density at radius 2 is 1.94 bits per heavy atom. The van der Waals surface area contributed by atoms with Crippen LogP contribution in [0, 0.1) is 6.92 Å². The van der Waals surface area contributed by atoms with Gasteiger partial charge in [0.25, 0.3) is 0 Å². The minimum Gasteiger partial charge on any atom is -0.208 e. The molecule has 0 heterocycles. The summed E-state index contributed by atoms with van der Waals surface area (Å²) in [7, 11) is -3.40. The molecule has 0 bridgehead atoms. The van der Waals surface area contributed by atoms with E-state index in [0.717, 1.165) is 5.56 Å². The number of benzene rings is 1. The molecule has 3 nitrogen and oxygen atoms in total. The van der Waals surface area contributed by atoms with Gasteiger partial charge >= 0.3 is 0 Å². The first-order valence-corrected chi connectivity index (χ1v) is 6.64. The maximum absolute atomic E-state index is 11.9. The van der Waals surface area contributed by atoms with E-state index in [-0.39, 0.29) is 6.04 Å². The standard InChI is InChI=1S/C12H17NO2S/c1-4-5-11(3)13-16(14,15)12-8-6-10(2)7-9-12/h4,6-9,11,13H,1,5H2,2-3H3. The summed E-state index contributed by atoms with van der Waals surface area (Å²) >= 11 is 0. The molecule has 1 atom stereocenters. The molecule has 1 aromatic carbocycles. The van der Waals surface area contributed by atoms with Crippen LogP contribution in [-0.4, -0.2) is 14.5 Å². The highest BCUT2D eigenvalue weighted by atomic mass is 32.2. The Hall–Kier alpha value is -1.13. The predicted molar refractivity (Wildman–Crippen MR) is 65.8 cm³/mol. The Morgan fingerprint density at radius 1 is 1.38 bits per heavy atom. The van der Waals surface area contributed by atoms with Crippen LogP contribution in [0.3, 0.4) is 0 Å². The molecule has 1 aromatic rings. The fraction of sp³-hybridized carbons (Fsp3) is 0.333. The molecule has 0 radical (unpaired) electrons. The summed E-state index contributed by atoms with van der Waals surface area (Å²) in [6.45, 7) is 7.31. The van der Waals surface area contributed by atoms with Gasteiger partial charge in [-0.1, -0.05) is 23.8 Å². The summed E-state index contributed by atoms with van der Waals surface area (Å²) in [5.74, 6) is 0. The van der Waals surface area contributed by atoms with Crippen molar-refractivity contribution in [2.75, 3.05) is 0 Å². The van der Waals surface area contributed by atoms with Crippen LogP contribution in [0.4, 0.5) is 0 Å². The van der Waals surface area contributed by atoms with Crippen molar-refractivity contribution >= 4 is 10.0 Å². The van der Waals surface area contributed by atoms with E-state index in [1.165, 1.54) is 0 Å². The average molecular weight is 239 g/mol. The number of rotatable bonds is 5. The quantitative estimate of drug-likeness (QED) is 0.801. The second-order valence-corrected chi connectivity index (χ2v) is 5.57. The van der Waals surface area contributed by atoms with Crippen LogP contribution >= 0.6 is 0 Å². The van der Waals surface area contributed by atoms with E-state index in [4.69, 9.17) is 0 Å². The lowest BCUT2D eigenvalue weighted by Gasteiger charge is -2.12. The van der Waals surface area contributed by atoms with Crippen molar-refractivity contribution in [3.05, 3.63) is 42.5 Å². The van der Waals surface area contributed by atoms with Gasteiger partial charge in [0, 0.05) is 6.04 Å². The largest absolute Gasteiger partial charge is 0.240 e. The highest BCUT2D eigenvalue weighted by Crippen LogP contribution is 2.11. The molecule has 4 heteroatoms. The molecule has 0 aliphatic rings. The molecule has 0 aliphatic heterocycles. The predicted octanol–water partition coefficient (Wildman–Crippen LogP) is 2.24. The maximum Gasteiger partial charge on any atom is 0.240 e. The van der Waals surface area contributed by atoms with Crippen molar-refractivity contribution in [3.63, 3.8) is 0 Å². The first kappa shape index (κ1) is 12.9. The minimum atomic E-state index is -3.40. The molecule has 0 aromatic heterocycles.